The van der Waals surface area contributed by atoms with Crippen molar-refractivity contribution in [3.05, 3.63) is 23.3 Å². The highest BCUT2D eigenvalue weighted by Gasteiger charge is 2.27. The summed E-state index contributed by atoms with van der Waals surface area (Å²) in [5, 5.41) is 0. The Kier molecular flexibility index (Phi) is 5.43. The number of hydrogen-bond donors (Lipinski definition) is 0. The molecule has 0 spiro atoms. The molecule has 1 rings (SSSR count). The fraction of sp³-hybridized carbons (Fsp3) is 0.562. The van der Waals surface area contributed by atoms with Crippen LogP contribution >= 0.6 is 0 Å². The number of carbonyl (C=O) groups excluding carboxylic acids is 1. The zero-order valence-electron chi connectivity index (χ0n) is 13.2. The SMILES string of the molecule is CCC(C)(C)C(=O)OCc1cc(OC)c(C)cc1OC. The second kappa shape index (κ2) is 6.64. The van der Waals surface area contributed by atoms with Crippen LogP contribution in [0.15, 0.2) is 12.1 Å². The highest BCUT2D eigenvalue weighted by Crippen LogP contribution is 2.30. The van der Waals surface area contributed by atoms with Crippen LogP contribution in [-0.2, 0) is 16.1 Å². The van der Waals surface area contributed by atoms with Crippen molar-refractivity contribution in [3.63, 3.8) is 0 Å². The minimum atomic E-state index is -0.470. The molecule has 0 unspecified atom stereocenters. The number of aryl methyl sites for hydroxylation is 1. The topological polar surface area (TPSA) is 44.8 Å². The van der Waals surface area contributed by atoms with E-state index in [-0.39, 0.29) is 12.6 Å². The minimum absolute atomic E-state index is 0.183. The highest BCUT2D eigenvalue weighted by molar-refractivity contribution is 5.75. The molecular weight excluding hydrogens is 256 g/mol. The molecule has 0 aliphatic heterocycles. The van der Waals surface area contributed by atoms with E-state index in [0.717, 1.165) is 23.3 Å². The van der Waals surface area contributed by atoms with Crippen LogP contribution in [0.2, 0.25) is 0 Å². The maximum atomic E-state index is 12.0. The Labute approximate surface area is 121 Å². The molecule has 0 amide bonds. The smallest absolute Gasteiger partial charge is 0.311 e. The van der Waals surface area contributed by atoms with Crippen LogP contribution in [0, 0.1) is 12.3 Å². The second-order valence-corrected chi connectivity index (χ2v) is 5.45. The van der Waals surface area contributed by atoms with Crippen LogP contribution in [0.5, 0.6) is 11.5 Å². The van der Waals surface area contributed by atoms with Gasteiger partial charge in [-0.15, -0.1) is 0 Å². The monoisotopic (exact) mass is 280 g/mol. The zero-order chi connectivity index (χ0) is 15.3. The average Bonchev–Trinajstić information content (AvgIpc) is 2.44. The van der Waals surface area contributed by atoms with Crippen LogP contribution in [0.3, 0.4) is 0 Å². The van der Waals surface area contributed by atoms with E-state index in [1.54, 1.807) is 14.2 Å². The number of esters is 1. The zero-order valence-corrected chi connectivity index (χ0v) is 13.2. The Morgan fingerprint density at radius 1 is 1.15 bits per heavy atom. The quantitative estimate of drug-likeness (QED) is 0.748. The van der Waals surface area contributed by atoms with E-state index in [4.69, 9.17) is 14.2 Å². The molecule has 0 atom stereocenters. The molecule has 0 heterocycles. The summed E-state index contributed by atoms with van der Waals surface area (Å²) < 4.78 is 16.0. The second-order valence-electron chi connectivity index (χ2n) is 5.45. The van der Waals surface area contributed by atoms with E-state index >= 15 is 0 Å². The summed E-state index contributed by atoms with van der Waals surface area (Å²) in [5.41, 5.74) is 1.31. The minimum Gasteiger partial charge on any atom is -0.496 e. The van der Waals surface area contributed by atoms with Gasteiger partial charge in [0, 0.05) is 5.56 Å². The van der Waals surface area contributed by atoms with E-state index in [1.165, 1.54) is 0 Å². The summed E-state index contributed by atoms with van der Waals surface area (Å²) in [6.07, 6.45) is 0.736. The number of hydrogen-bond acceptors (Lipinski definition) is 4. The molecule has 0 fully saturated rings. The Morgan fingerprint density at radius 3 is 2.25 bits per heavy atom. The van der Waals surface area contributed by atoms with Gasteiger partial charge in [0.25, 0.3) is 0 Å². The summed E-state index contributed by atoms with van der Waals surface area (Å²) in [6, 6.07) is 3.73. The molecule has 0 aliphatic rings. The van der Waals surface area contributed by atoms with Crippen molar-refractivity contribution < 1.29 is 19.0 Å². The standard InChI is InChI=1S/C16H24O4/c1-7-16(3,4)15(17)20-10-12-9-13(18-5)11(2)8-14(12)19-6/h8-9H,7,10H2,1-6H3. The third kappa shape index (κ3) is 3.65. The fourth-order valence-corrected chi connectivity index (χ4v) is 1.71. The molecule has 0 N–H and O–H groups in total. The van der Waals surface area contributed by atoms with Gasteiger partial charge in [0.15, 0.2) is 0 Å². The fourth-order valence-electron chi connectivity index (χ4n) is 1.71. The van der Waals surface area contributed by atoms with Crippen molar-refractivity contribution in [1.29, 1.82) is 0 Å². The molecule has 112 valence electrons. The first-order valence-electron chi connectivity index (χ1n) is 6.74. The lowest BCUT2D eigenvalue weighted by Crippen LogP contribution is -2.25. The molecule has 0 bridgehead atoms. The first-order chi connectivity index (χ1) is 9.35. The third-order valence-corrected chi connectivity index (χ3v) is 3.59. The molecule has 1 aromatic rings. The van der Waals surface area contributed by atoms with Crippen molar-refractivity contribution in [2.45, 2.75) is 40.7 Å². The van der Waals surface area contributed by atoms with Crippen LogP contribution in [0.4, 0.5) is 0 Å². The summed E-state index contributed by atoms with van der Waals surface area (Å²) in [5.74, 6) is 1.25. The molecule has 0 saturated carbocycles. The van der Waals surface area contributed by atoms with Crippen LogP contribution < -0.4 is 9.47 Å². The van der Waals surface area contributed by atoms with Gasteiger partial charge in [-0.1, -0.05) is 6.92 Å². The number of carbonyl (C=O) groups is 1. The lowest BCUT2D eigenvalue weighted by Gasteiger charge is -2.21. The number of rotatable bonds is 6. The van der Waals surface area contributed by atoms with Crippen LogP contribution in [-0.4, -0.2) is 20.2 Å². The molecule has 4 heteroatoms. The Bertz CT molecular complexity index is 478. The van der Waals surface area contributed by atoms with Crippen LogP contribution in [0.25, 0.3) is 0 Å². The first-order valence-corrected chi connectivity index (χ1v) is 6.74. The van der Waals surface area contributed by atoms with E-state index in [1.807, 2.05) is 39.8 Å². The molecule has 0 aliphatic carbocycles. The van der Waals surface area contributed by atoms with Crippen molar-refractivity contribution in [3.8, 4) is 11.5 Å². The van der Waals surface area contributed by atoms with Gasteiger partial charge in [-0.3, -0.25) is 4.79 Å². The van der Waals surface area contributed by atoms with E-state index in [0.29, 0.717) is 5.75 Å². The summed E-state index contributed by atoms with van der Waals surface area (Å²) in [7, 11) is 3.22. The van der Waals surface area contributed by atoms with Gasteiger partial charge in [0.2, 0.25) is 0 Å². The normalized spacial score (nSPS) is 11.1. The van der Waals surface area contributed by atoms with Crippen molar-refractivity contribution >= 4 is 5.97 Å². The van der Waals surface area contributed by atoms with E-state index in [2.05, 4.69) is 0 Å². The lowest BCUT2D eigenvalue weighted by atomic mass is 9.91. The predicted molar refractivity (Wildman–Crippen MR) is 78.2 cm³/mol. The Balaban J connectivity index is 2.89. The lowest BCUT2D eigenvalue weighted by molar-refractivity contribution is -0.155. The molecule has 20 heavy (non-hydrogen) atoms. The predicted octanol–water partition coefficient (Wildman–Crippen LogP) is 3.49. The summed E-state index contributed by atoms with van der Waals surface area (Å²) in [4.78, 5) is 12.0. The molecule has 1 aromatic carbocycles. The Morgan fingerprint density at radius 2 is 1.75 bits per heavy atom. The maximum absolute atomic E-state index is 12.0. The first kappa shape index (κ1) is 16.3. The summed E-state index contributed by atoms with van der Waals surface area (Å²) >= 11 is 0. The maximum Gasteiger partial charge on any atom is 0.311 e. The largest absolute Gasteiger partial charge is 0.496 e. The molecule has 0 aromatic heterocycles. The third-order valence-electron chi connectivity index (χ3n) is 3.59. The summed E-state index contributed by atoms with van der Waals surface area (Å²) in [6.45, 7) is 7.85. The van der Waals surface area contributed by atoms with Crippen molar-refractivity contribution in [2.75, 3.05) is 14.2 Å². The van der Waals surface area contributed by atoms with Gasteiger partial charge in [0.1, 0.15) is 18.1 Å². The molecule has 0 radical (unpaired) electrons. The Hall–Kier alpha value is -1.71. The van der Waals surface area contributed by atoms with Gasteiger partial charge in [-0.05, 0) is 44.9 Å². The molecule has 4 nitrogen and oxygen atoms in total. The average molecular weight is 280 g/mol. The van der Waals surface area contributed by atoms with Crippen molar-refractivity contribution in [2.24, 2.45) is 5.41 Å². The van der Waals surface area contributed by atoms with E-state index in [9.17, 15) is 4.79 Å². The number of ether oxygens (including phenoxy) is 3. The van der Waals surface area contributed by atoms with Gasteiger partial charge < -0.3 is 14.2 Å². The van der Waals surface area contributed by atoms with Gasteiger partial charge >= 0.3 is 5.97 Å². The van der Waals surface area contributed by atoms with Gasteiger partial charge in [-0.25, -0.2) is 0 Å². The van der Waals surface area contributed by atoms with Crippen molar-refractivity contribution in [1.82, 2.24) is 0 Å². The highest BCUT2D eigenvalue weighted by atomic mass is 16.5. The number of methoxy groups -OCH3 is 2. The van der Waals surface area contributed by atoms with E-state index < -0.39 is 5.41 Å². The molecule has 0 saturated heterocycles. The number of benzene rings is 1. The van der Waals surface area contributed by atoms with Crippen LogP contribution in [0.1, 0.15) is 38.3 Å². The van der Waals surface area contributed by atoms with Gasteiger partial charge in [0.05, 0.1) is 19.6 Å². The molecular formula is C16H24O4. The van der Waals surface area contributed by atoms with Gasteiger partial charge in [-0.2, -0.15) is 0 Å².